The summed E-state index contributed by atoms with van der Waals surface area (Å²) in [5, 5.41) is 10.5. The highest BCUT2D eigenvalue weighted by Crippen LogP contribution is 2.32. The molecule has 0 radical (unpaired) electrons. The van der Waals surface area contributed by atoms with Crippen LogP contribution in [0.15, 0.2) is 48.5 Å². The molecule has 142 valence electrons. The first-order valence-electron chi connectivity index (χ1n) is 9.35. The number of quaternary nitrogens is 1. The first-order valence-corrected chi connectivity index (χ1v) is 9.35. The molecule has 0 aliphatic rings. The van der Waals surface area contributed by atoms with E-state index in [9.17, 15) is 5.11 Å². The van der Waals surface area contributed by atoms with Crippen LogP contribution < -0.4 is 4.74 Å². The molecule has 0 saturated carbocycles. The van der Waals surface area contributed by atoms with Crippen molar-refractivity contribution in [1.82, 2.24) is 0 Å². The Hall–Kier alpha value is -1.84. The van der Waals surface area contributed by atoms with Crippen LogP contribution in [-0.2, 0) is 12.0 Å². The zero-order valence-electron chi connectivity index (χ0n) is 17.1. The summed E-state index contributed by atoms with van der Waals surface area (Å²) in [6, 6.07) is 16.7. The molecule has 2 rings (SSSR count). The molecule has 2 aromatic rings. The van der Waals surface area contributed by atoms with Gasteiger partial charge >= 0.3 is 0 Å². The molecule has 0 heterocycles. The molecule has 0 saturated heterocycles. The number of nitrogens with zero attached hydrogens (tertiary/aromatic N) is 1. The standard InChI is InChI=1S/C23H34NO2/c1-18-12-13-22(21(14-18)23(2,3)4)26-17-20(25)16-24(5,6)15-19-10-8-7-9-11-19/h7-14,20,25H,15-17H2,1-6H3/q+1. The number of ether oxygens (including phenoxy) is 1. The highest BCUT2D eigenvalue weighted by atomic mass is 16.5. The summed E-state index contributed by atoms with van der Waals surface area (Å²) in [5.74, 6) is 0.871. The van der Waals surface area contributed by atoms with Gasteiger partial charge in [-0.3, -0.25) is 0 Å². The zero-order valence-corrected chi connectivity index (χ0v) is 17.1. The largest absolute Gasteiger partial charge is 0.490 e. The van der Waals surface area contributed by atoms with Crippen molar-refractivity contribution in [2.24, 2.45) is 0 Å². The highest BCUT2D eigenvalue weighted by molar-refractivity contribution is 5.41. The lowest BCUT2D eigenvalue weighted by Crippen LogP contribution is -2.46. The smallest absolute Gasteiger partial charge is 0.137 e. The third-order valence-corrected chi connectivity index (χ3v) is 4.53. The number of rotatable bonds is 7. The van der Waals surface area contributed by atoms with Gasteiger partial charge in [-0.25, -0.2) is 0 Å². The number of aryl methyl sites for hydroxylation is 1. The highest BCUT2D eigenvalue weighted by Gasteiger charge is 2.23. The summed E-state index contributed by atoms with van der Waals surface area (Å²) in [5.41, 5.74) is 3.69. The van der Waals surface area contributed by atoms with Crippen LogP contribution >= 0.6 is 0 Å². The normalized spacial score (nSPS) is 13.5. The average molecular weight is 357 g/mol. The monoisotopic (exact) mass is 356 g/mol. The van der Waals surface area contributed by atoms with E-state index in [1.807, 2.05) is 12.1 Å². The van der Waals surface area contributed by atoms with Crippen molar-refractivity contribution in [3.8, 4) is 5.75 Å². The van der Waals surface area contributed by atoms with E-state index in [-0.39, 0.29) is 5.41 Å². The molecule has 0 spiro atoms. The van der Waals surface area contributed by atoms with Crippen molar-refractivity contribution in [2.45, 2.75) is 45.8 Å². The molecule has 0 aliphatic heterocycles. The quantitative estimate of drug-likeness (QED) is 0.749. The maximum Gasteiger partial charge on any atom is 0.137 e. The van der Waals surface area contributed by atoms with E-state index < -0.39 is 6.10 Å². The Labute approximate surface area is 158 Å². The van der Waals surface area contributed by atoms with Crippen molar-refractivity contribution in [3.63, 3.8) is 0 Å². The van der Waals surface area contributed by atoms with Crippen LogP contribution in [0.1, 0.15) is 37.5 Å². The third-order valence-electron chi connectivity index (χ3n) is 4.53. The molecule has 0 aromatic heterocycles. The van der Waals surface area contributed by atoms with Crippen molar-refractivity contribution in [2.75, 3.05) is 27.2 Å². The molecule has 1 N–H and O–H groups in total. The predicted octanol–water partition coefficient (Wildman–Crippen LogP) is 4.31. The maximum atomic E-state index is 10.5. The summed E-state index contributed by atoms with van der Waals surface area (Å²) in [7, 11) is 4.28. The van der Waals surface area contributed by atoms with Gasteiger partial charge in [-0.1, -0.05) is 68.8 Å². The first kappa shape index (κ1) is 20.5. The number of hydrogen-bond acceptors (Lipinski definition) is 2. The summed E-state index contributed by atoms with van der Waals surface area (Å²) in [6.07, 6.45) is -0.511. The van der Waals surface area contributed by atoms with Crippen molar-refractivity contribution in [1.29, 1.82) is 0 Å². The number of hydrogen-bond donors (Lipinski definition) is 1. The van der Waals surface area contributed by atoms with Gasteiger partial charge in [0.15, 0.2) is 0 Å². The van der Waals surface area contributed by atoms with Crippen LogP contribution in [0, 0.1) is 6.92 Å². The summed E-state index contributed by atoms with van der Waals surface area (Å²) in [6.45, 7) is 10.5. The summed E-state index contributed by atoms with van der Waals surface area (Å²) in [4.78, 5) is 0. The summed E-state index contributed by atoms with van der Waals surface area (Å²) >= 11 is 0. The fourth-order valence-electron chi connectivity index (χ4n) is 3.31. The third kappa shape index (κ3) is 6.15. The first-order chi connectivity index (χ1) is 12.1. The van der Waals surface area contributed by atoms with Gasteiger partial charge in [-0.2, -0.15) is 0 Å². The Kier molecular flexibility index (Phi) is 6.48. The lowest BCUT2D eigenvalue weighted by molar-refractivity contribution is -0.906. The predicted molar refractivity (Wildman–Crippen MR) is 109 cm³/mol. The number of benzene rings is 2. The zero-order chi connectivity index (χ0) is 19.4. The lowest BCUT2D eigenvalue weighted by Gasteiger charge is -2.32. The minimum atomic E-state index is -0.511. The molecule has 3 nitrogen and oxygen atoms in total. The molecule has 0 aliphatic carbocycles. The Morgan fingerprint density at radius 3 is 2.31 bits per heavy atom. The lowest BCUT2D eigenvalue weighted by atomic mass is 9.85. The van der Waals surface area contributed by atoms with Crippen molar-refractivity contribution >= 4 is 0 Å². The average Bonchev–Trinajstić information content (AvgIpc) is 2.52. The molecular weight excluding hydrogens is 322 g/mol. The van der Waals surface area contributed by atoms with Gasteiger partial charge in [-0.05, 0) is 24.0 Å². The molecule has 1 unspecified atom stereocenters. The Morgan fingerprint density at radius 2 is 1.69 bits per heavy atom. The molecule has 0 fully saturated rings. The minimum absolute atomic E-state index is 0.00888. The maximum absolute atomic E-state index is 10.5. The molecule has 0 amide bonds. The Balaban J connectivity index is 1.97. The van der Waals surface area contributed by atoms with Crippen molar-refractivity contribution in [3.05, 3.63) is 65.2 Å². The van der Waals surface area contributed by atoms with Crippen LogP contribution in [0.2, 0.25) is 0 Å². The van der Waals surface area contributed by atoms with Crippen LogP contribution in [0.5, 0.6) is 5.75 Å². The fraction of sp³-hybridized carbons (Fsp3) is 0.478. The Morgan fingerprint density at radius 1 is 1.04 bits per heavy atom. The van der Waals surface area contributed by atoms with Gasteiger partial charge in [0, 0.05) is 5.56 Å². The van der Waals surface area contributed by atoms with Crippen molar-refractivity contribution < 1.29 is 14.3 Å². The second-order valence-electron chi connectivity index (χ2n) is 8.98. The second kappa shape index (κ2) is 8.24. The van der Waals surface area contributed by atoms with E-state index in [1.54, 1.807) is 0 Å². The number of aliphatic hydroxyl groups excluding tert-OH is 1. The molecule has 2 aromatic carbocycles. The summed E-state index contributed by atoms with van der Waals surface area (Å²) < 4.78 is 6.73. The fourth-order valence-corrected chi connectivity index (χ4v) is 3.31. The number of likely N-dealkylation sites (N-methyl/N-ethyl adjacent to an activating group) is 1. The van der Waals surface area contributed by atoms with E-state index in [1.165, 1.54) is 16.7 Å². The van der Waals surface area contributed by atoms with Gasteiger partial charge in [0.05, 0.1) is 14.1 Å². The Bertz CT molecular complexity index is 702. The van der Waals surface area contributed by atoms with Crippen LogP contribution in [0.4, 0.5) is 0 Å². The van der Waals surface area contributed by atoms with Crippen LogP contribution in [0.3, 0.4) is 0 Å². The van der Waals surface area contributed by atoms with Gasteiger partial charge in [0.1, 0.15) is 31.5 Å². The van der Waals surface area contributed by atoms with E-state index in [0.29, 0.717) is 17.6 Å². The molecule has 26 heavy (non-hydrogen) atoms. The minimum Gasteiger partial charge on any atom is -0.490 e. The van der Waals surface area contributed by atoms with Gasteiger partial charge in [-0.15, -0.1) is 0 Å². The SMILES string of the molecule is Cc1ccc(OCC(O)C[N+](C)(C)Cc2ccccc2)c(C(C)(C)C)c1. The van der Waals surface area contributed by atoms with Crippen LogP contribution in [0.25, 0.3) is 0 Å². The van der Waals surface area contributed by atoms with Crippen LogP contribution in [-0.4, -0.2) is 42.9 Å². The van der Waals surface area contributed by atoms with Gasteiger partial charge in [0.2, 0.25) is 0 Å². The van der Waals surface area contributed by atoms with E-state index in [0.717, 1.165) is 12.3 Å². The van der Waals surface area contributed by atoms with E-state index in [4.69, 9.17) is 4.74 Å². The molecule has 3 heteroatoms. The van der Waals surface area contributed by atoms with E-state index in [2.05, 4.69) is 78.2 Å². The van der Waals surface area contributed by atoms with E-state index >= 15 is 0 Å². The topological polar surface area (TPSA) is 29.5 Å². The molecular formula is C23H34NO2+. The molecule has 0 bridgehead atoms. The molecule has 1 atom stereocenters. The van der Waals surface area contributed by atoms with Gasteiger partial charge < -0.3 is 14.3 Å². The van der Waals surface area contributed by atoms with Gasteiger partial charge in [0.25, 0.3) is 0 Å². The second-order valence-corrected chi connectivity index (χ2v) is 8.98. The number of aliphatic hydroxyl groups is 1.